The molecular formula is C41H25F6N3. The third kappa shape index (κ3) is 4.90. The third-order valence-electron chi connectivity index (χ3n) is 9.26. The molecule has 0 N–H and O–H groups in total. The lowest BCUT2D eigenvalue weighted by Gasteiger charge is -2.19. The van der Waals surface area contributed by atoms with Crippen LogP contribution in [0.15, 0.2) is 115 Å². The summed E-state index contributed by atoms with van der Waals surface area (Å²) in [6.45, 7) is 3.52. The van der Waals surface area contributed by atoms with Crippen molar-refractivity contribution in [2.45, 2.75) is 26.2 Å². The summed E-state index contributed by atoms with van der Waals surface area (Å²) in [5.74, 6) is 0. The first kappa shape index (κ1) is 31.3. The van der Waals surface area contributed by atoms with Crippen LogP contribution in [0.2, 0.25) is 0 Å². The summed E-state index contributed by atoms with van der Waals surface area (Å²) in [5, 5.41) is 14.0. The van der Waals surface area contributed by atoms with Gasteiger partial charge in [0, 0.05) is 21.5 Å². The van der Waals surface area contributed by atoms with Crippen LogP contribution in [0.1, 0.15) is 27.8 Å². The number of aryl methyl sites for hydroxylation is 2. The van der Waals surface area contributed by atoms with E-state index in [4.69, 9.17) is 0 Å². The quantitative estimate of drug-likeness (QED) is 0.172. The Hall–Kier alpha value is -6.01. The normalized spacial score (nSPS) is 12.4. The number of alkyl halides is 6. The van der Waals surface area contributed by atoms with Gasteiger partial charge in [-0.15, -0.1) is 0 Å². The maximum Gasteiger partial charge on any atom is 0.416 e. The SMILES string of the molecule is Cc1cc(-c2cc(-n3c4ccccc4c4ccc(C)cc43)c(C#N)c(-n3c4ccccc4c4ccc(C(F)(F)F)cc43)c2)cc(C(F)(F)F)c1. The molecule has 50 heavy (non-hydrogen) atoms. The molecular weight excluding hydrogens is 648 g/mol. The number of hydrogen-bond acceptors (Lipinski definition) is 1. The van der Waals surface area contributed by atoms with Crippen molar-refractivity contribution in [1.29, 1.82) is 5.26 Å². The lowest BCUT2D eigenvalue weighted by atomic mass is 9.96. The Bertz CT molecular complexity index is 2720. The van der Waals surface area contributed by atoms with Crippen molar-refractivity contribution in [3.8, 4) is 28.6 Å². The summed E-state index contributed by atoms with van der Waals surface area (Å²) in [4.78, 5) is 0. The molecule has 0 saturated heterocycles. The number of nitriles is 1. The predicted octanol–water partition coefficient (Wildman–Crippen LogP) is 12.1. The standard InChI is InChI=1S/C41H25F6N3/c1-23-11-13-31-29-7-3-5-9-34(29)49(36(31)17-23)37-19-26(25-15-24(2)16-28(18-25)41(45,46)47)20-38(33(37)22-48)50-35-10-6-4-8-30(35)32-14-12-27(21-39(32)50)40(42,43)44/h3-21H,1-2H3. The summed E-state index contributed by atoms with van der Waals surface area (Å²) in [7, 11) is 0. The molecule has 0 unspecified atom stereocenters. The zero-order valence-corrected chi connectivity index (χ0v) is 26.6. The predicted molar refractivity (Wildman–Crippen MR) is 185 cm³/mol. The van der Waals surface area contributed by atoms with Crippen molar-refractivity contribution in [2.24, 2.45) is 0 Å². The third-order valence-corrected chi connectivity index (χ3v) is 9.26. The first-order chi connectivity index (χ1) is 23.8. The number of halogens is 6. The fourth-order valence-corrected chi connectivity index (χ4v) is 7.11. The lowest BCUT2D eigenvalue weighted by Crippen LogP contribution is -2.08. The summed E-state index contributed by atoms with van der Waals surface area (Å²) in [5.41, 5.74) is 3.27. The second kappa shape index (κ2) is 11.0. The number of nitrogens with zero attached hydrogens (tertiary/aromatic N) is 3. The van der Waals surface area contributed by atoms with E-state index in [1.165, 1.54) is 6.07 Å². The first-order valence-electron chi connectivity index (χ1n) is 15.7. The van der Waals surface area contributed by atoms with Gasteiger partial charge in [0.15, 0.2) is 0 Å². The van der Waals surface area contributed by atoms with E-state index in [2.05, 4.69) is 6.07 Å². The second-order valence-corrected chi connectivity index (χ2v) is 12.5. The minimum Gasteiger partial charge on any atom is -0.308 e. The zero-order valence-electron chi connectivity index (χ0n) is 26.6. The van der Waals surface area contributed by atoms with Crippen LogP contribution in [0.5, 0.6) is 0 Å². The van der Waals surface area contributed by atoms with Crippen LogP contribution in [0.25, 0.3) is 66.1 Å². The topological polar surface area (TPSA) is 33.6 Å². The van der Waals surface area contributed by atoms with E-state index in [1.54, 1.807) is 54.0 Å². The van der Waals surface area contributed by atoms with Crippen LogP contribution in [-0.4, -0.2) is 9.13 Å². The Morgan fingerprint density at radius 2 is 0.980 bits per heavy atom. The number of benzene rings is 6. The molecule has 0 saturated carbocycles. The van der Waals surface area contributed by atoms with Crippen LogP contribution in [-0.2, 0) is 12.4 Å². The molecule has 0 aliphatic rings. The van der Waals surface area contributed by atoms with Gasteiger partial charge in [0.2, 0.25) is 0 Å². The Morgan fingerprint density at radius 3 is 1.54 bits per heavy atom. The van der Waals surface area contributed by atoms with E-state index < -0.39 is 23.5 Å². The number of aromatic nitrogens is 2. The molecule has 2 heterocycles. The average molecular weight is 674 g/mol. The molecule has 2 aromatic heterocycles. The highest BCUT2D eigenvalue weighted by molar-refractivity contribution is 6.11. The van der Waals surface area contributed by atoms with E-state index in [0.717, 1.165) is 51.6 Å². The molecule has 0 aliphatic heterocycles. The Morgan fingerprint density at radius 1 is 0.480 bits per heavy atom. The lowest BCUT2D eigenvalue weighted by molar-refractivity contribution is -0.138. The first-order valence-corrected chi connectivity index (χ1v) is 15.7. The van der Waals surface area contributed by atoms with E-state index in [0.29, 0.717) is 33.1 Å². The molecule has 8 rings (SSSR count). The highest BCUT2D eigenvalue weighted by Crippen LogP contribution is 2.42. The van der Waals surface area contributed by atoms with Gasteiger partial charge in [-0.3, -0.25) is 0 Å². The monoisotopic (exact) mass is 673 g/mol. The minimum atomic E-state index is -4.64. The molecule has 3 nitrogen and oxygen atoms in total. The number of rotatable bonds is 3. The molecule has 246 valence electrons. The molecule has 0 amide bonds. The average Bonchev–Trinajstić information content (AvgIpc) is 3.58. The fourth-order valence-electron chi connectivity index (χ4n) is 7.11. The van der Waals surface area contributed by atoms with Gasteiger partial charge < -0.3 is 9.13 Å². The molecule has 0 bridgehead atoms. The summed E-state index contributed by atoms with van der Waals surface area (Å²) >= 11 is 0. The van der Waals surface area contributed by atoms with Gasteiger partial charge in [-0.1, -0.05) is 60.7 Å². The number of fused-ring (bicyclic) bond motifs is 6. The van der Waals surface area contributed by atoms with E-state index in [-0.39, 0.29) is 22.3 Å². The van der Waals surface area contributed by atoms with Crippen molar-refractivity contribution in [2.75, 3.05) is 0 Å². The highest BCUT2D eigenvalue weighted by Gasteiger charge is 2.33. The van der Waals surface area contributed by atoms with Gasteiger partial charge in [0.05, 0.1) is 44.6 Å². The maximum absolute atomic E-state index is 14.1. The van der Waals surface area contributed by atoms with E-state index in [1.807, 2.05) is 54.0 Å². The van der Waals surface area contributed by atoms with Gasteiger partial charge in [0.25, 0.3) is 0 Å². The van der Waals surface area contributed by atoms with Gasteiger partial charge in [-0.25, -0.2) is 0 Å². The van der Waals surface area contributed by atoms with Gasteiger partial charge in [-0.05, 0) is 90.7 Å². The molecule has 0 atom stereocenters. The minimum absolute atomic E-state index is 0.140. The smallest absolute Gasteiger partial charge is 0.308 e. The van der Waals surface area contributed by atoms with Crippen LogP contribution < -0.4 is 0 Å². The Kier molecular flexibility index (Phi) is 6.88. The van der Waals surface area contributed by atoms with Crippen LogP contribution in [0.3, 0.4) is 0 Å². The van der Waals surface area contributed by atoms with Gasteiger partial charge >= 0.3 is 12.4 Å². The van der Waals surface area contributed by atoms with Crippen molar-refractivity contribution in [3.05, 3.63) is 143 Å². The highest BCUT2D eigenvalue weighted by atomic mass is 19.4. The Labute approximate surface area is 281 Å². The molecule has 0 spiro atoms. The van der Waals surface area contributed by atoms with Gasteiger partial charge in [0.1, 0.15) is 11.6 Å². The molecule has 0 radical (unpaired) electrons. The van der Waals surface area contributed by atoms with Gasteiger partial charge in [-0.2, -0.15) is 31.6 Å². The van der Waals surface area contributed by atoms with Crippen molar-refractivity contribution >= 4 is 43.6 Å². The number of hydrogen-bond donors (Lipinski definition) is 0. The van der Waals surface area contributed by atoms with Crippen molar-refractivity contribution in [3.63, 3.8) is 0 Å². The van der Waals surface area contributed by atoms with Crippen LogP contribution >= 0.6 is 0 Å². The molecule has 9 heteroatoms. The summed E-state index contributed by atoms with van der Waals surface area (Å²) in [6, 6.07) is 33.6. The maximum atomic E-state index is 14.1. The van der Waals surface area contributed by atoms with E-state index >= 15 is 0 Å². The molecule has 8 aromatic rings. The van der Waals surface area contributed by atoms with Crippen molar-refractivity contribution < 1.29 is 26.3 Å². The summed E-state index contributed by atoms with van der Waals surface area (Å²) < 4.78 is 88.3. The van der Waals surface area contributed by atoms with Crippen molar-refractivity contribution in [1.82, 2.24) is 9.13 Å². The van der Waals surface area contributed by atoms with E-state index in [9.17, 15) is 31.6 Å². The largest absolute Gasteiger partial charge is 0.416 e. The second-order valence-electron chi connectivity index (χ2n) is 12.5. The zero-order chi connectivity index (χ0) is 35.1. The molecule has 0 fully saturated rings. The molecule has 0 aliphatic carbocycles. The number of para-hydroxylation sites is 2. The fraction of sp³-hybridized carbons (Fsp3) is 0.0976. The summed E-state index contributed by atoms with van der Waals surface area (Å²) in [6.07, 6.45) is -9.26. The van der Waals surface area contributed by atoms with Crippen LogP contribution in [0.4, 0.5) is 26.3 Å². The molecule has 6 aromatic carbocycles. The Balaban J connectivity index is 1.57. The van der Waals surface area contributed by atoms with Crippen LogP contribution in [0, 0.1) is 25.2 Å².